The number of nitrogens with zero attached hydrogens (tertiary/aromatic N) is 2. The van der Waals surface area contributed by atoms with E-state index in [2.05, 4.69) is 4.98 Å². The summed E-state index contributed by atoms with van der Waals surface area (Å²) in [6.45, 7) is 4.21. The molecule has 0 unspecified atom stereocenters. The Hall–Kier alpha value is -2.60. The van der Waals surface area contributed by atoms with Gasteiger partial charge in [-0.2, -0.15) is 0 Å². The predicted molar refractivity (Wildman–Crippen MR) is 101 cm³/mol. The third kappa shape index (κ3) is 4.39. The molecule has 6 nitrogen and oxygen atoms in total. The van der Waals surface area contributed by atoms with Gasteiger partial charge < -0.3 is 14.7 Å². The fraction of sp³-hybridized carbons (Fsp3) is 0.350. The van der Waals surface area contributed by atoms with Gasteiger partial charge in [0.1, 0.15) is 5.69 Å². The van der Waals surface area contributed by atoms with E-state index in [9.17, 15) is 14.7 Å². The van der Waals surface area contributed by atoms with Gasteiger partial charge in [0.05, 0.1) is 12.0 Å². The van der Waals surface area contributed by atoms with Gasteiger partial charge in [0.2, 0.25) is 5.88 Å². The van der Waals surface area contributed by atoms with Crippen molar-refractivity contribution in [2.45, 2.75) is 25.9 Å². The van der Waals surface area contributed by atoms with Gasteiger partial charge >= 0.3 is 5.97 Å². The average Bonchev–Trinajstić information content (AvgIpc) is 3.07. The highest BCUT2D eigenvalue weighted by atomic mass is 35.5. The van der Waals surface area contributed by atoms with Crippen LogP contribution in [0.1, 0.15) is 35.8 Å². The maximum absolute atomic E-state index is 12.9. The summed E-state index contributed by atoms with van der Waals surface area (Å²) < 4.78 is 5.54. The van der Waals surface area contributed by atoms with E-state index in [1.807, 2.05) is 26.0 Å². The quantitative estimate of drug-likeness (QED) is 0.848. The van der Waals surface area contributed by atoms with E-state index in [-0.39, 0.29) is 30.2 Å². The van der Waals surface area contributed by atoms with E-state index in [0.717, 1.165) is 5.56 Å². The van der Waals surface area contributed by atoms with Crippen LogP contribution in [0.4, 0.5) is 0 Å². The van der Waals surface area contributed by atoms with Gasteiger partial charge in [0.15, 0.2) is 0 Å². The zero-order valence-electron chi connectivity index (χ0n) is 15.1. The van der Waals surface area contributed by atoms with E-state index < -0.39 is 11.9 Å². The number of benzene rings is 1. The molecule has 1 amide bonds. The summed E-state index contributed by atoms with van der Waals surface area (Å²) in [6.07, 6.45) is -0.0553. The molecular formula is C20H21ClN2O4. The molecule has 1 fully saturated rings. The summed E-state index contributed by atoms with van der Waals surface area (Å²) >= 11 is 5.93. The molecule has 3 rings (SSSR count). The smallest absolute Gasteiger partial charge is 0.308 e. The summed E-state index contributed by atoms with van der Waals surface area (Å²) in [4.78, 5) is 30.4. The molecule has 2 atom stereocenters. The monoisotopic (exact) mass is 388 g/mol. The van der Waals surface area contributed by atoms with Gasteiger partial charge in [0.25, 0.3) is 5.91 Å². The maximum Gasteiger partial charge on any atom is 0.308 e. The lowest BCUT2D eigenvalue weighted by atomic mass is 9.89. The lowest BCUT2D eigenvalue weighted by Gasteiger charge is -2.17. The first-order valence-electron chi connectivity index (χ1n) is 8.76. The molecule has 0 bridgehead atoms. The highest BCUT2D eigenvalue weighted by molar-refractivity contribution is 6.30. The number of rotatable bonds is 5. The molecule has 1 saturated heterocycles. The highest BCUT2D eigenvalue weighted by Gasteiger charge is 2.41. The Labute approximate surface area is 162 Å². The molecule has 7 heteroatoms. The van der Waals surface area contributed by atoms with Crippen LogP contribution in [0.25, 0.3) is 0 Å². The van der Waals surface area contributed by atoms with Gasteiger partial charge in [0, 0.05) is 30.1 Å². The van der Waals surface area contributed by atoms with Crippen molar-refractivity contribution in [1.29, 1.82) is 0 Å². The lowest BCUT2D eigenvalue weighted by molar-refractivity contribution is -0.141. The van der Waals surface area contributed by atoms with Gasteiger partial charge in [-0.25, -0.2) is 4.98 Å². The van der Waals surface area contributed by atoms with E-state index in [1.54, 1.807) is 35.2 Å². The van der Waals surface area contributed by atoms with Gasteiger partial charge in [-0.05, 0) is 37.6 Å². The number of carbonyl (C=O) groups excluding carboxylic acids is 1. The molecule has 1 aromatic carbocycles. The second-order valence-corrected chi connectivity index (χ2v) is 7.28. The van der Waals surface area contributed by atoms with Crippen molar-refractivity contribution in [3.8, 4) is 5.88 Å². The van der Waals surface area contributed by atoms with Crippen molar-refractivity contribution in [2.24, 2.45) is 5.92 Å². The molecule has 1 N–H and O–H groups in total. The van der Waals surface area contributed by atoms with Crippen LogP contribution < -0.4 is 4.74 Å². The Bertz CT molecular complexity index is 838. The second-order valence-electron chi connectivity index (χ2n) is 6.84. The van der Waals surface area contributed by atoms with Crippen molar-refractivity contribution >= 4 is 23.5 Å². The van der Waals surface area contributed by atoms with Gasteiger partial charge in [-0.1, -0.05) is 29.8 Å². The zero-order chi connectivity index (χ0) is 19.6. The van der Waals surface area contributed by atoms with Crippen LogP contribution in [-0.4, -0.2) is 46.1 Å². The Balaban J connectivity index is 1.82. The first-order valence-corrected chi connectivity index (χ1v) is 9.14. The van der Waals surface area contributed by atoms with Crippen LogP contribution in [0, 0.1) is 5.92 Å². The largest absolute Gasteiger partial charge is 0.481 e. The number of aromatic nitrogens is 1. The fourth-order valence-electron chi connectivity index (χ4n) is 3.27. The predicted octanol–water partition coefficient (Wildman–Crippen LogP) is 3.46. The third-order valence-corrected chi connectivity index (χ3v) is 4.77. The number of carboxylic acid groups (broad SMARTS) is 1. The number of hydrogen-bond donors (Lipinski definition) is 1. The molecule has 0 spiro atoms. The fourth-order valence-corrected chi connectivity index (χ4v) is 3.40. The van der Waals surface area contributed by atoms with E-state index in [1.165, 1.54) is 0 Å². The number of amides is 1. The summed E-state index contributed by atoms with van der Waals surface area (Å²) in [5.41, 5.74) is 1.10. The van der Waals surface area contributed by atoms with Crippen molar-refractivity contribution in [2.75, 3.05) is 13.1 Å². The van der Waals surface area contributed by atoms with E-state index in [4.69, 9.17) is 16.3 Å². The number of halogens is 1. The zero-order valence-corrected chi connectivity index (χ0v) is 15.9. The Morgan fingerprint density at radius 1 is 1.19 bits per heavy atom. The summed E-state index contributed by atoms with van der Waals surface area (Å²) in [7, 11) is 0. The number of carboxylic acids is 1. The molecule has 2 heterocycles. The molecular weight excluding hydrogens is 368 g/mol. The minimum atomic E-state index is -0.921. The first kappa shape index (κ1) is 19.2. The number of carbonyl (C=O) groups is 2. The minimum absolute atomic E-state index is 0.0553. The van der Waals surface area contributed by atoms with Crippen LogP contribution in [-0.2, 0) is 4.79 Å². The Morgan fingerprint density at radius 2 is 1.89 bits per heavy atom. The van der Waals surface area contributed by atoms with Crippen molar-refractivity contribution < 1.29 is 19.4 Å². The van der Waals surface area contributed by atoms with Gasteiger partial charge in [-0.3, -0.25) is 9.59 Å². The Morgan fingerprint density at radius 3 is 2.52 bits per heavy atom. The molecule has 0 aliphatic carbocycles. The maximum atomic E-state index is 12.9. The summed E-state index contributed by atoms with van der Waals surface area (Å²) in [5.74, 6) is -1.81. The number of hydrogen-bond acceptors (Lipinski definition) is 4. The van der Waals surface area contributed by atoms with Gasteiger partial charge in [-0.15, -0.1) is 0 Å². The van der Waals surface area contributed by atoms with Crippen LogP contribution in [0.2, 0.25) is 5.02 Å². The lowest BCUT2D eigenvalue weighted by Crippen LogP contribution is -2.30. The highest BCUT2D eigenvalue weighted by Crippen LogP contribution is 2.34. The summed E-state index contributed by atoms with van der Waals surface area (Å²) in [5, 5.41) is 10.2. The molecule has 1 aliphatic rings. The average molecular weight is 389 g/mol. The molecule has 0 radical (unpaired) electrons. The summed E-state index contributed by atoms with van der Waals surface area (Å²) in [6, 6.07) is 12.1. The van der Waals surface area contributed by atoms with E-state index in [0.29, 0.717) is 17.4 Å². The van der Waals surface area contributed by atoms with Crippen LogP contribution in [0.3, 0.4) is 0 Å². The topological polar surface area (TPSA) is 79.7 Å². The van der Waals surface area contributed by atoms with Crippen LogP contribution in [0.5, 0.6) is 5.88 Å². The van der Waals surface area contributed by atoms with Crippen LogP contribution >= 0.6 is 11.6 Å². The number of ether oxygens (including phenoxy) is 1. The number of aliphatic carboxylic acids is 1. The number of likely N-dealkylation sites (tertiary alicyclic amines) is 1. The molecule has 2 aromatic rings. The standard InChI is InChI=1S/C20H21ClN2O4/c1-12(2)27-18-5-3-4-17(22-18)19(24)23-10-15(16(11-23)20(25)26)13-6-8-14(21)9-7-13/h3-9,12,15-16H,10-11H2,1-2H3,(H,25,26)/t15-,16+/m0/s1. The first-order chi connectivity index (χ1) is 12.8. The minimum Gasteiger partial charge on any atom is -0.481 e. The molecule has 27 heavy (non-hydrogen) atoms. The molecule has 1 aromatic heterocycles. The normalized spacial score (nSPS) is 19.3. The van der Waals surface area contributed by atoms with Crippen molar-refractivity contribution in [1.82, 2.24) is 9.88 Å². The SMILES string of the molecule is CC(C)Oc1cccc(C(=O)N2C[C@@H](C(=O)O)[C@H](c3ccc(Cl)cc3)C2)n1. The van der Waals surface area contributed by atoms with Crippen molar-refractivity contribution in [3.63, 3.8) is 0 Å². The Kier molecular flexibility index (Phi) is 5.65. The second kappa shape index (κ2) is 7.96. The molecule has 0 saturated carbocycles. The number of pyridine rings is 1. The third-order valence-electron chi connectivity index (χ3n) is 4.52. The van der Waals surface area contributed by atoms with Crippen molar-refractivity contribution in [3.05, 3.63) is 58.7 Å². The van der Waals surface area contributed by atoms with Crippen LogP contribution in [0.15, 0.2) is 42.5 Å². The molecule has 1 aliphatic heterocycles. The van der Waals surface area contributed by atoms with E-state index >= 15 is 0 Å². The molecule has 142 valence electrons.